The van der Waals surface area contributed by atoms with E-state index in [9.17, 15) is 4.79 Å². The van der Waals surface area contributed by atoms with Crippen molar-refractivity contribution in [1.29, 1.82) is 0 Å². The van der Waals surface area contributed by atoms with Gasteiger partial charge in [-0.3, -0.25) is 5.32 Å². The summed E-state index contributed by atoms with van der Waals surface area (Å²) in [4.78, 5) is 10.5. The molecule has 0 aliphatic heterocycles. The molecule has 0 unspecified atom stereocenters. The molecule has 0 saturated carbocycles. The molecule has 4 heteroatoms. The average molecular weight is 243 g/mol. The van der Waals surface area contributed by atoms with E-state index in [1.54, 1.807) is 19.2 Å². The van der Waals surface area contributed by atoms with Crippen LogP contribution in [0.1, 0.15) is 0 Å². The molecule has 0 fully saturated rings. The highest BCUT2D eigenvalue weighted by Crippen LogP contribution is 2.23. The molecule has 0 radical (unpaired) electrons. The Kier molecular flexibility index (Phi) is 3.48. The zero-order valence-electron chi connectivity index (χ0n) is 9.88. The number of carboxylic acid groups (broad SMARTS) is 1. The van der Waals surface area contributed by atoms with Crippen LogP contribution in [0.4, 0.5) is 10.5 Å². The van der Waals surface area contributed by atoms with Crippen molar-refractivity contribution in [1.82, 2.24) is 0 Å². The Morgan fingerprint density at radius 2 is 1.50 bits per heavy atom. The van der Waals surface area contributed by atoms with Crippen molar-refractivity contribution in [3.63, 3.8) is 0 Å². The predicted octanol–water partition coefficient (Wildman–Crippen LogP) is 3.45. The number of amides is 1. The maximum Gasteiger partial charge on any atom is 0.409 e. The molecule has 18 heavy (non-hydrogen) atoms. The van der Waals surface area contributed by atoms with Gasteiger partial charge >= 0.3 is 6.09 Å². The lowest BCUT2D eigenvalue weighted by Gasteiger charge is -2.05. The number of methoxy groups -OCH3 is 1. The molecule has 0 saturated heterocycles. The first-order valence-electron chi connectivity index (χ1n) is 5.43. The third-order valence-electron chi connectivity index (χ3n) is 2.56. The van der Waals surface area contributed by atoms with Gasteiger partial charge in [-0.1, -0.05) is 24.3 Å². The highest BCUT2D eigenvalue weighted by Gasteiger charge is 2.00. The molecule has 92 valence electrons. The molecule has 2 rings (SSSR count). The fourth-order valence-electron chi connectivity index (χ4n) is 1.65. The molecule has 0 aliphatic rings. The lowest BCUT2D eigenvalue weighted by atomic mass is 10.1. The molecule has 0 heterocycles. The van der Waals surface area contributed by atoms with Gasteiger partial charge in [0.1, 0.15) is 5.75 Å². The van der Waals surface area contributed by atoms with Crippen LogP contribution in [0.5, 0.6) is 5.75 Å². The molecule has 4 nitrogen and oxygen atoms in total. The highest BCUT2D eigenvalue weighted by atomic mass is 16.5. The minimum atomic E-state index is -1.06. The van der Waals surface area contributed by atoms with Crippen molar-refractivity contribution in [2.45, 2.75) is 0 Å². The molecule has 1 amide bonds. The first kappa shape index (κ1) is 12.0. The van der Waals surface area contributed by atoms with E-state index in [2.05, 4.69) is 5.32 Å². The first-order chi connectivity index (χ1) is 8.69. The molecule has 2 aromatic rings. The van der Waals surface area contributed by atoms with E-state index in [4.69, 9.17) is 9.84 Å². The monoisotopic (exact) mass is 243 g/mol. The Morgan fingerprint density at radius 1 is 1.00 bits per heavy atom. The standard InChI is InChI=1S/C14H13NO3/c1-18-13-8-4-11(5-9-13)10-2-6-12(7-3-10)15-14(16)17/h2-9,15H,1H3,(H,16,17). The topological polar surface area (TPSA) is 58.6 Å². The number of carbonyl (C=O) groups is 1. The molecular formula is C14H13NO3. The molecule has 0 spiro atoms. The molecule has 0 atom stereocenters. The zero-order valence-corrected chi connectivity index (χ0v) is 9.88. The zero-order chi connectivity index (χ0) is 13.0. The van der Waals surface area contributed by atoms with Crippen molar-refractivity contribution >= 4 is 11.8 Å². The maximum atomic E-state index is 10.5. The fourth-order valence-corrected chi connectivity index (χ4v) is 1.65. The van der Waals surface area contributed by atoms with Crippen molar-refractivity contribution in [3.8, 4) is 16.9 Å². The minimum Gasteiger partial charge on any atom is -0.497 e. The second-order valence-corrected chi connectivity index (χ2v) is 3.74. The van der Waals surface area contributed by atoms with Crippen LogP contribution in [-0.4, -0.2) is 18.3 Å². The minimum absolute atomic E-state index is 0.555. The van der Waals surface area contributed by atoms with Gasteiger partial charge in [0.05, 0.1) is 7.11 Å². The second-order valence-electron chi connectivity index (χ2n) is 3.74. The number of nitrogens with one attached hydrogen (secondary N) is 1. The summed E-state index contributed by atoms with van der Waals surface area (Å²) < 4.78 is 5.09. The van der Waals surface area contributed by atoms with E-state index < -0.39 is 6.09 Å². The summed E-state index contributed by atoms with van der Waals surface area (Å²) in [5.74, 6) is 0.808. The number of rotatable bonds is 3. The van der Waals surface area contributed by atoms with Crippen molar-refractivity contribution in [3.05, 3.63) is 48.5 Å². The Labute approximate surface area is 105 Å². The molecular weight excluding hydrogens is 230 g/mol. The smallest absolute Gasteiger partial charge is 0.409 e. The fraction of sp³-hybridized carbons (Fsp3) is 0.0714. The Balaban J connectivity index is 2.20. The quantitative estimate of drug-likeness (QED) is 0.868. The first-order valence-corrected chi connectivity index (χ1v) is 5.43. The summed E-state index contributed by atoms with van der Waals surface area (Å²) in [6.45, 7) is 0. The Bertz CT molecular complexity index is 532. The van der Waals surface area contributed by atoms with Gasteiger partial charge in [0.2, 0.25) is 0 Å². The van der Waals surface area contributed by atoms with Crippen LogP contribution in [-0.2, 0) is 0 Å². The van der Waals surface area contributed by atoms with E-state index in [0.29, 0.717) is 5.69 Å². The van der Waals surface area contributed by atoms with Crippen LogP contribution < -0.4 is 10.1 Å². The largest absolute Gasteiger partial charge is 0.497 e. The second kappa shape index (κ2) is 5.23. The predicted molar refractivity (Wildman–Crippen MR) is 70.1 cm³/mol. The van der Waals surface area contributed by atoms with Crippen molar-refractivity contribution in [2.75, 3.05) is 12.4 Å². The number of ether oxygens (including phenoxy) is 1. The third kappa shape index (κ3) is 2.79. The van der Waals surface area contributed by atoms with Crippen LogP contribution in [0.2, 0.25) is 0 Å². The number of benzene rings is 2. The summed E-state index contributed by atoms with van der Waals surface area (Å²) in [5, 5.41) is 10.9. The van der Waals surface area contributed by atoms with Crippen molar-refractivity contribution < 1.29 is 14.6 Å². The maximum absolute atomic E-state index is 10.5. The van der Waals surface area contributed by atoms with E-state index in [0.717, 1.165) is 16.9 Å². The van der Waals surface area contributed by atoms with Gasteiger partial charge in [-0.05, 0) is 35.4 Å². The SMILES string of the molecule is COc1ccc(-c2ccc(NC(=O)O)cc2)cc1. The summed E-state index contributed by atoms with van der Waals surface area (Å²) in [6, 6.07) is 14.9. The number of hydrogen-bond acceptors (Lipinski definition) is 2. The lowest BCUT2D eigenvalue weighted by molar-refractivity contribution is 0.210. The van der Waals surface area contributed by atoms with Gasteiger partial charge in [-0.25, -0.2) is 4.79 Å². The van der Waals surface area contributed by atoms with Crippen LogP contribution in [0, 0.1) is 0 Å². The van der Waals surface area contributed by atoms with Crippen molar-refractivity contribution in [2.24, 2.45) is 0 Å². The van der Waals surface area contributed by atoms with Gasteiger partial charge in [0, 0.05) is 5.69 Å². The number of anilines is 1. The van der Waals surface area contributed by atoms with Gasteiger partial charge in [0.15, 0.2) is 0 Å². The van der Waals surface area contributed by atoms with Crippen LogP contribution in [0.3, 0.4) is 0 Å². The average Bonchev–Trinajstić information content (AvgIpc) is 2.39. The van der Waals surface area contributed by atoms with E-state index in [1.807, 2.05) is 36.4 Å². The normalized spacial score (nSPS) is 9.83. The molecule has 0 aromatic heterocycles. The van der Waals surface area contributed by atoms with E-state index in [1.165, 1.54) is 0 Å². The summed E-state index contributed by atoms with van der Waals surface area (Å²) >= 11 is 0. The van der Waals surface area contributed by atoms with Crippen LogP contribution in [0.15, 0.2) is 48.5 Å². The summed E-state index contributed by atoms with van der Waals surface area (Å²) in [5.41, 5.74) is 2.63. The Hall–Kier alpha value is -2.49. The van der Waals surface area contributed by atoms with Crippen LogP contribution in [0.25, 0.3) is 11.1 Å². The lowest BCUT2D eigenvalue weighted by Crippen LogP contribution is -2.06. The molecule has 2 N–H and O–H groups in total. The van der Waals surface area contributed by atoms with Gasteiger partial charge in [-0.2, -0.15) is 0 Å². The third-order valence-corrected chi connectivity index (χ3v) is 2.56. The van der Waals surface area contributed by atoms with Crippen LogP contribution >= 0.6 is 0 Å². The molecule has 0 bridgehead atoms. The van der Waals surface area contributed by atoms with Gasteiger partial charge in [0.25, 0.3) is 0 Å². The molecule has 2 aromatic carbocycles. The van der Waals surface area contributed by atoms with Gasteiger partial charge < -0.3 is 9.84 Å². The summed E-state index contributed by atoms with van der Waals surface area (Å²) in [7, 11) is 1.63. The number of hydrogen-bond donors (Lipinski definition) is 2. The highest BCUT2D eigenvalue weighted by molar-refractivity contribution is 5.83. The van der Waals surface area contributed by atoms with Gasteiger partial charge in [-0.15, -0.1) is 0 Å². The van der Waals surface area contributed by atoms with E-state index in [-0.39, 0.29) is 0 Å². The Morgan fingerprint density at radius 3 is 1.94 bits per heavy atom. The van der Waals surface area contributed by atoms with E-state index >= 15 is 0 Å². The summed E-state index contributed by atoms with van der Waals surface area (Å²) in [6.07, 6.45) is -1.06. The molecule has 0 aliphatic carbocycles.